The lowest BCUT2D eigenvalue weighted by molar-refractivity contribution is -0.131. The number of unbranched alkanes of at least 4 members (excludes halogenated alkanes) is 1. The van der Waals surface area contributed by atoms with Crippen LogP contribution >= 0.6 is 0 Å². The molecule has 0 bridgehead atoms. The molecule has 5 heteroatoms. The van der Waals surface area contributed by atoms with Crippen LogP contribution in [0.3, 0.4) is 0 Å². The number of nitrogens with one attached hydrogen (secondary N) is 1. The molecule has 1 heterocycles. The van der Waals surface area contributed by atoms with Crippen molar-refractivity contribution >= 4 is 16.8 Å². The van der Waals surface area contributed by atoms with Gasteiger partial charge in [-0.05, 0) is 49.4 Å². The maximum absolute atomic E-state index is 13.4. The molecular weight excluding hydrogens is 283 g/mol. The molecule has 1 amide bonds. The van der Waals surface area contributed by atoms with Crippen molar-refractivity contribution in [3.05, 3.63) is 35.8 Å². The van der Waals surface area contributed by atoms with Gasteiger partial charge < -0.3 is 15.0 Å². The summed E-state index contributed by atoms with van der Waals surface area (Å²) in [6, 6.07) is 4.93. The lowest BCUT2D eigenvalue weighted by Crippen LogP contribution is -2.35. The highest BCUT2D eigenvalue weighted by molar-refractivity contribution is 5.89. The zero-order valence-corrected chi connectivity index (χ0v) is 12.5. The Morgan fingerprint density at radius 2 is 2.18 bits per heavy atom. The number of hydrogen-bond donors (Lipinski definition) is 2. The van der Waals surface area contributed by atoms with Crippen molar-refractivity contribution in [2.45, 2.75) is 38.1 Å². The van der Waals surface area contributed by atoms with Crippen LogP contribution in [-0.4, -0.2) is 40.1 Å². The van der Waals surface area contributed by atoms with Gasteiger partial charge in [-0.15, -0.1) is 0 Å². The van der Waals surface area contributed by atoms with E-state index in [0.717, 1.165) is 42.1 Å². The number of aliphatic hydroxyl groups excluding tert-OH is 1. The molecule has 0 atom stereocenters. The van der Waals surface area contributed by atoms with Gasteiger partial charge in [0, 0.05) is 36.3 Å². The summed E-state index contributed by atoms with van der Waals surface area (Å²) in [5.41, 5.74) is 1.69. The van der Waals surface area contributed by atoms with E-state index in [2.05, 4.69) is 4.98 Å². The number of hydrogen-bond acceptors (Lipinski definition) is 2. The molecule has 1 aromatic heterocycles. The quantitative estimate of drug-likeness (QED) is 0.773. The Balaban J connectivity index is 1.72. The van der Waals surface area contributed by atoms with Crippen LogP contribution in [0, 0.1) is 5.82 Å². The second-order valence-corrected chi connectivity index (χ2v) is 5.93. The molecule has 0 unspecified atom stereocenters. The van der Waals surface area contributed by atoms with Gasteiger partial charge in [-0.2, -0.15) is 0 Å². The summed E-state index contributed by atoms with van der Waals surface area (Å²) in [7, 11) is 0. The zero-order chi connectivity index (χ0) is 15.5. The highest BCUT2D eigenvalue weighted by Gasteiger charge is 2.32. The van der Waals surface area contributed by atoms with Crippen LogP contribution in [0.2, 0.25) is 0 Å². The number of aromatic amines is 1. The first kappa shape index (κ1) is 15.0. The minimum Gasteiger partial charge on any atom is -0.396 e. The van der Waals surface area contributed by atoms with Crippen LogP contribution in [0.1, 0.15) is 31.2 Å². The van der Waals surface area contributed by atoms with Gasteiger partial charge in [0.1, 0.15) is 5.82 Å². The predicted molar refractivity (Wildman–Crippen MR) is 83.0 cm³/mol. The van der Waals surface area contributed by atoms with Crippen molar-refractivity contribution in [2.24, 2.45) is 0 Å². The average Bonchev–Trinajstić information content (AvgIpc) is 3.27. The van der Waals surface area contributed by atoms with Gasteiger partial charge in [-0.25, -0.2) is 4.39 Å². The number of carbonyl (C=O) groups is 1. The van der Waals surface area contributed by atoms with Crippen molar-refractivity contribution in [3.63, 3.8) is 0 Å². The molecule has 1 fully saturated rings. The summed E-state index contributed by atoms with van der Waals surface area (Å²) >= 11 is 0. The monoisotopic (exact) mass is 304 g/mol. The molecule has 0 aliphatic heterocycles. The topological polar surface area (TPSA) is 56.3 Å². The van der Waals surface area contributed by atoms with Gasteiger partial charge in [0.25, 0.3) is 0 Å². The normalized spacial score (nSPS) is 14.5. The van der Waals surface area contributed by atoms with E-state index in [1.54, 1.807) is 12.3 Å². The Kier molecular flexibility index (Phi) is 4.43. The minimum atomic E-state index is -0.289. The zero-order valence-electron chi connectivity index (χ0n) is 12.5. The highest BCUT2D eigenvalue weighted by atomic mass is 19.1. The first-order valence-electron chi connectivity index (χ1n) is 7.85. The standard InChI is InChI=1S/C17H21FN2O2/c18-13-3-6-16-15(10-13)12(11-19-16)9-17(22)20(14-4-5-14)7-1-2-8-21/h3,6,10-11,14,19,21H,1-2,4-5,7-9H2. The largest absolute Gasteiger partial charge is 0.396 e. The van der Waals surface area contributed by atoms with Gasteiger partial charge in [0.05, 0.1) is 6.42 Å². The third-order valence-electron chi connectivity index (χ3n) is 4.19. The Hall–Kier alpha value is -1.88. The summed E-state index contributed by atoms with van der Waals surface area (Å²) in [4.78, 5) is 17.6. The first-order valence-corrected chi connectivity index (χ1v) is 7.85. The summed E-state index contributed by atoms with van der Waals surface area (Å²) in [5, 5.41) is 9.66. The number of amides is 1. The Labute approximate surface area is 128 Å². The third kappa shape index (κ3) is 3.30. The lowest BCUT2D eigenvalue weighted by Gasteiger charge is -2.22. The van der Waals surface area contributed by atoms with Crippen LogP contribution in [-0.2, 0) is 11.2 Å². The van der Waals surface area contributed by atoms with Crippen LogP contribution < -0.4 is 0 Å². The van der Waals surface area contributed by atoms with E-state index in [-0.39, 0.29) is 18.3 Å². The van der Waals surface area contributed by atoms with Crippen molar-refractivity contribution in [3.8, 4) is 0 Å². The van der Waals surface area contributed by atoms with Gasteiger partial charge in [0.2, 0.25) is 5.91 Å². The van der Waals surface area contributed by atoms with Gasteiger partial charge in [0.15, 0.2) is 0 Å². The van der Waals surface area contributed by atoms with Crippen molar-refractivity contribution in [2.75, 3.05) is 13.2 Å². The van der Waals surface area contributed by atoms with Gasteiger partial charge >= 0.3 is 0 Å². The van der Waals surface area contributed by atoms with E-state index >= 15 is 0 Å². The highest BCUT2D eigenvalue weighted by Crippen LogP contribution is 2.28. The number of aliphatic hydroxyl groups is 1. The molecule has 22 heavy (non-hydrogen) atoms. The van der Waals surface area contributed by atoms with Crippen LogP contribution in [0.5, 0.6) is 0 Å². The fourth-order valence-electron chi connectivity index (χ4n) is 2.85. The third-order valence-corrected chi connectivity index (χ3v) is 4.19. The predicted octanol–water partition coefficient (Wildman–Crippen LogP) is 2.61. The van der Waals surface area contributed by atoms with Crippen molar-refractivity contribution < 1.29 is 14.3 Å². The van der Waals surface area contributed by atoms with E-state index in [4.69, 9.17) is 5.11 Å². The van der Waals surface area contributed by atoms with Crippen molar-refractivity contribution in [1.82, 2.24) is 9.88 Å². The minimum absolute atomic E-state index is 0.0885. The molecule has 4 nitrogen and oxygen atoms in total. The Morgan fingerprint density at radius 3 is 2.91 bits per heavy atom. The summed E-state index contributed by atoms with van der Waals surface area (Å²) in [6.07, 6.45) is 5.75. The van der Waals surface area contributed by atoms with Crippen molar-refractivity contribution in [1.29, 1.82) is 0 Å². The number of fused-ring (bicyclic) bond motifs is 1. The molecule has 3 rings (SSSR count). The number of benzene rings is 1. The van der Waals surface area contributed by atoms with E-state index in [1.807, 2.05) is 4.90 Å². The molecule has 0 spiro atoms. The molecular formula is C17H21FN2O2. The Bertz CT molecular complexity index is 664. The molecule has 118 valence electrons. The number of H-pyrrole nitrogens is 1. The van der Waals surface area contributed by atoms with E-state index in [0.29, 0.717) is 19.0 Å². The van der Waals surface area contributed by atoms with Gasteiger partial charge in [-0.3, -0.25) is 4.79 Å². The number of halogens is 1. The Morgan fingerprint density at radius 1 is 1.36 bits per heavy atom. The molecule has 2 N–H and O–H groups in total. The number of rotatable bonds is 7. The first-order chi connectivity index (χ1) is 10.7. The molecule has 0 saturated heterocycles. The number of carbonyl (C=O) groups excluding carboxylic acids is 1. The number of nitrogens with zero attached hydrogens (tertiary/aromatic N) is 1. The molecule has 1 saturated carbocycles. The summed E-state index contributed by atoms with van der Waals surface area (Å²) in [5.74, 6) is -0.201. The second-order valence-electron chi connectivity index (χ2n) is 5.93. The maximum Gasteiger partial charge on any atom is 0.227 e. The molecule has 1 aliphatic carbocycles. The fraction of sp³-hybridized carbons (Fsp3) is 0.471. The van der Waals surface area contributed by atoms with Crippen LogP contribution in [0.4, 0.5) is 4.39 Å². The van der Waals surface area contributed by atoms with E-state index in [9.17, 15) is 9.18 Å². The average molecular weight is 304 g/mol. The lowest BCUT2D eigenvalue weighted by atomic mass is 10.1. The second kappa shape index (κ2) is 6.48. The molecule has 0 radical (unpaired) electrons. The molecule has 1 aromatic carbocycles. The fourth-order valence-corrected chi connectivity index (χ4v) is 2.85. The SMILES string of the molecule is O=C(Cc1c[nH]c2ccc(F)cc12)N(CCCCO)C1CC1. The molecule has 1 aliphatic rings. The van der Waals surface area contributed by atoms with Crippen LogP contribution in [0.15, 0.2) is 24.4 Å². The summed E-state index contributed by atoms with van der Waals surface area (Å²) in [6.45, 7) is 0.856. The summed E-state index contributed by atoms with van der Waals surface area (Å²) < 4.78 is 13.4. The van der Waals surface area contributed by atoms with E-state index in [1.165, 1.54) is 12.1 Å². The van der Waals surface area contributed by atoms with Gasteiger partial charge in [-0.1, -0.05) is 0 Å². The molecule has 2 aromatic rings. The van der Waals surface area contributed by atoms with Crippen LogP contribution in [0.25, 0.3) is 10.9 Å². The number of aromatic nitrogens is 1. The maximum atomic E-state index is 13.4. The van der Waals surface area contributed by atoms with E-state index < -0.39 is 0 Å². The smallest absolute Gasteiger partial charge is 0.227 e.